The molecule has 0 aromatic heterocycles. The van der Waals surface area contributed by atoms with Crippen molar-refractivity contribution in [3.05, 3.63) is 82.9 Å². The average Bonchev–Trinajstić information content (AvgIpc) is 3.01. The summed E-state index contributed by atoms with van der Waals surface area (Å²) < 4.78 is 0. The number of benzene rings is 3. The molecule has 3 aromatic rings. The molecule has 2 heterocycles. The van der Waals surface area contributed by atoms with Crippen LogP contribution in [-0.2, 0) is 0 Å². The molecule has 1 fully saturated rings. The number of nitrogens with zero attached hydrogens (tertiary/aromatic N) is 3. The van der Waals surface area contributed by atoms with E-state index in [1.807, 2.05) is 17.0 Å². The van der Waals surface area contributed by atoms with Gasteiger partial charge in [-0.2, -0.15) is 0 Å². The van der Waals surface area contributed by atoms with Gasteiger partial charge in [-0.1, -0.05) is 55.4 Å². The lowest BCUT2D eigenvalue weighted by molar-refractivity contribution is 0.0746. The van der Waals surface area contributed by atoms with Gasteiger partial charge in [0, 0.05) is 58.5 Å². The van der Waals surface area contributed by atoms with Gasteiger partial charge < -0.3 is 9.80 Å². The third kappa shape index (κ3) is 4.49. The molecule has 0 aliphatic carbocycles. The Balaban J connectivity index is 1.36. The molecule has 5 rings (SSSR count). The second-order valence-corrected chi connectivity index (χ2v) is 10.2. The molecule has 1 saturated heterocycles. The zero-order valence-electron chi connectivity index (χ0n) is 20.2. The molecule has 4 nitrogen and oxygen atoms in total. The number of aliphatic imine (C=N–C) groups is 1. The number of anilines is 1. The predicted octanol–water partition coefficient (Wildman–Crippen LogP) is 6.65. The van der Waals surface area contributed by atoms with Crippen LogP contribution in [0.2, 0.25) is 0 Å². The van der Waals surface area contributed by atoms with Gasteiger partial charge in [0.25, 0.3) is 5.91 Å². The van der Waals surface area contributed by atoms with Gasteiger partial charge in [0.1, 0.15) is 0 Å². The summed E-state index contributed by atoms with van der Waals surface area (Å²) in [6.07, 6.45) is 1.96. The van der Waals surface area contributed by atoms with Gasteiger partial charge in [-0.05, 0) is 61.7 Å². The fourth-order valence-electron chi connectivity index (χ4n) is 4.76. The van der Waals surface area contributed by atoms with Crippen LogP contribution in [0.15, 0.2) is 75.4 Å². The van der Waals surface area contributed by atoms with E-state index < -0.39 is 0 Å². The zero-order chi connectivity index (χ0) is 23.7. The van der Waals surface area contributed by atoms with Crippen molar-refractivity contribution in [1.29, 1.82) is 0 Å². The Hall–Kier alpha value is -3.05. The largest absolute Gasteiger partial charge is 0.368 e. The predicted molar refractivity (Wildman–Crippen MR) is 142 cm³/mol. The van der Waals surface area contributed by atoms with Crippen molar-refractivity contribution in [2.24, 2.45) is 4.99 Å². The summed E-state index contributed by atoms with van der Waals surface area (Å²) in [4.78, 5) is 25.2. The van der Waals surface area contributed by atoms with E-state index >= 15 is 0 Å². The van der Waals surface area contributed by atoms with E-state index in [1.165, 1.54) is 27.3 Å². The number of fused-ring (bicyclic) bond motifs is 2. The van der Waals surface area contributed by atoms with Gasteiger partial charge in [0.15, 0.2) is 0 Å². The topological polar surface area (TPSA) is 35.9 Å². The summed E-state index contributed by atoms with van der Waals surface area (Å²) >= 11 is 1.74. The maximum Gasteiger partial charge on any atom is 0.254 e. The van der Waals surface area contributed by atoms with E-state index in [-0.39, 0.29) is 5.91 Å². The number of hydrogen-bond acceptors (Lipinski definition) is 4. The summed E-state index contributed by atoms with van der Waals surface area (Å²) in [5.41, 5.74) is 7.79. The van der Waals surface area contributed by atoms with Gasteiger partial charge >= 0.3 is 0 Å². The van der Waals surface area contributed by atoms with Crippen molar-refractivity contribution in [2.75, 3.05) is 31.1 Å². The summed E-state index contributed by atoms with van der Waals surface area (Å²) in [5, 5.41) is 0. The SMILES string of the molecule is CCCC1=Nc2cc(C(=O)N3CCN(c4cc(C)ccc4C)CC3)ccc2Sc2ccccc21. The Labute approximate surface area is 206 Å². The highest BCUT2D eigenvalue weighted by atomic mass is 32.2. The molecule has 5 heteroatoms. The highest BCUT2D eigenvalue weighted by Crippen LogP contribution is 2.41. The van der Waals surface area contributed by atoms with Crippen molar-refractivity contribution in [2.45, 2.75) is 43.4 Å². The molecule has 0 bridgehead atoms. The molecular weight excluding hydrogens is 438 g/mol. The monoisotopic (exact) mass is 469 g/mol. The molecule has 2 aliphatic heterocycles. The van der Waals surface area contributed by atoms with Crippen LogP contribution >= 0.6 is 11.8 Å². The number of amides is 1. The Bertz CT molecular complexity index is 1260. The van der Waals surface area contributed by atoms with E-state index in [9.17, 15) is 4.79 Å². The molecule has 0 spiro atoms. The Kier molecular flexibility index (Phi) is 6.46. The van der Waals surface area contributed by atoms with E-state index in [2.05, 4.69) is 74.2 Å². The Morgan fingerprint density at radius 3 is 2.53 bits per heavy atom. The molecule has 1 amide bonds. The second-order valence-electron chi connectivity index (χ2n) is 9.16. The van der Waals surface area contributed by atoms with Gasteiger partial charge in [-0.15, -0.1) is 0 Å². The first-order valence-corrected chi connectivity index (χ1v) is 13.0. The van der Waals surface area contributed by atoms with Crippen LogP contribution in [-0.4, -0.2) is 42.7 Å². The first-order chi connectivity index (χ1) is 16.5. The van der Waals surface area contributed by atoms with Crippen LogP contribution in [0.4, 0.5) is 11.4 Å². The normalized spacial score (nSPS) is 15.3. The van der Waals surface area contributed by atoms with Crippen LogP contribution in [0.5, 0.6) is 0 Å². The summed E-state index contributed by atoms with van der Waals surface area (Å²) in [6, 6.07) is 21.1. The van der Waals surface area contributed by atoms with E-state index in [0.29, 0.717) is 0 Å². The van der Waals surface area contributed by atoms with Crippen LogP contribution in [0, 0.1) is 13.8 Å². The third-order valence-electron chi connectivity index (χ3n) is 6.64. The fourth-order valence-corrected chi connectivity index (χ4v) is 5.79. The minimum Gasteiger partial charge on any atom is -0.368 e. The van der Waals surface area contributed by atoms with Crippen LogP contribution in [0.25, 0.3) is 0 Å². The van der Waals surface area contributed by atoms with Gasteiger partial charge in [-0.25, -0.2) is 0 Å². The number of carbonyl (C=O) groups excluding carboxylic acids is 1. The maximum atomic E-state index is 13.4. The number of carbonyl (C=O) groups is 1. The van der Waals surface area contributed by atoms with Crippen LogP contribution < -0.4 is 4.90 Å². The minimum absolute atomic E-state index is 0.0995. The van der Waals surface area contributed by atoms with Crippen LogP contribution in [0.1, 0.15) is 46.8 Å². The molecule has 3 aromatic carbocycles. The molecule has 0 N–H and O–H groups in total. The molecule has 0 radical (unpaired) electrons. The molecule has 0 unspecified atom stereocenters. The number of aryl methyl sites for hydroxylation is 2. The maximum absolute atomic E-state index is 13.4. The van der Waals surface area contributed by atoms with Gasteiger partial charge in [0.2, 0.25) is 0 Å². The lowest BCUT2D eigenvalue weighted by Crippen LogP contribution is -2.49. The van der Waals surface area contributed by atoms with E-state index in [4.69, 9.17) is 4.99 Å². The van der Waals surface area contributed by atoms with Gasteiger partial charge in [0.05, 0.1) is 5.69 Å². The molecule has 174 valence electrons. The number of rotatable bonds is 4. The highest BCUT2D eigenvalue weighted by molar-refractivity contribution is 7.99. The molecular formula is C29H31N3OS. The minimum atomic E-state index is 0.0995. The Morgan fingerprint density at radius 1 is 0.941 bits per heavy atom. The lowest BCUT2D eigenvalue weighted by Gasteiger charge is -2.37. The molecule has 0 saturated carbocycles. The first kappa shape index (κ1) is 22.7. The van der Waals surface area contributed by atoms with Crippen molar-refractivity contribution >= 4 is 34.8 Å². The standard InChI is InChI=1S/C29H31N3OS/c1-4-7-24-23-8-5-6-9-27(23)34-28-13-12-22(19-25(28)30-24)29(33)32-16-14-31(15-17-32)26-18-20(2)10-11-21(26)3/h5-6,8-13,18-19H,4,7,14-17H2,1-3H3. The molecule has 34 heavy (non-hydrogen) atoms. The summed E-state index contributed by atoms with van der Waals surface area (Å²) in [7, 11) is 0. The third-order valence-corrected chi connectivity index (χ3v) is 7.78. The summed E-state index contributed by atoms with van der Waals surface area (Å²) in [6.45, 7) is 9.64. The summed E-state index contributed by atoms with van der Waals surface area (Å²) in [5.74, 6) is 0.0995. The van der Waals surface area contributed by atoms with Crippen molar-refractivity contribution in [3.8, 4) is 0 Å². The van der Waals surface area contributed by atoms with Crippen LogP contribution in [0.3, 0.4) is 0 Å². The van der Waals surface area contributed by atoms with Crippen molar-refractivity contribution < 1.29 is 4.79 Å². The molecule has 2 aliphatic rings. The number of hydrogen-bond donors (Lipinski definition) is 0. The second kappa shape index (κ2) is 9.67. The van der Waals surface area contributed by atoms with E-state index in [0.717, 1.165) is 60.9 Å². The van der Waals surface area contributed by atoms with E-state index in [1.54, 1.807) is 11.8 Å². The fraction of sp³-hybridized carbons (Fsp3) is 0.310. The average molecular weight is 470 g/mol. The zero-order valence-corrected chi connectivity index (χ0v) is 21.0. The first-order valence-electron chi connectivity index (χ1n) is 12.1. The highest BCUT2D eigenvalue weighted by Gasteiger charge is 2.24. The smallest absolute Gasteiger partial charge is 0.254 e. The number of piperazine rings is 1. The molecule has 0 atom stereocenters. The van der Waals surface area contributed by atoms with Crippen molar-refractivity contribution in [3.63, 3.8) is 0 Å². The Morgan fingerprint density at radius 2 is 1.74 bits per heavy atom. The van der Waals surface area contributed by atoms with Gasteiger partial charge in [-0.3, -0.25) is 9.79 Å². The quantitative estimate of drug-likeness (QED) is 0.429. The van der Waals surface area contributed by atoms with Crippen molar-refractivity contribution in [1.82, 2.24) is 4.90 Å². The lowest BCUT2D eigenvalue weighted by atomic mass is 10.1.